The van der Waals surface area contributed by atoms with Crippen LogP contribution < -0.4 is 19.9 Å². The topological polar surface area (TPSA) is 44.8 Å². The number of nitrogens with zero attached hydrogens (tertiary/aromatic N) is 2. The Morgan fingerprint density at radius 3 is 2.61 bits per heavy atom. The fourth-order valence-corrected chi connectivity index (χ4v) is 3.75. The number of benzene rings is 2. The van der Waals surface area contributed by atoms with Crippen molar-refractivity contribution in [3.63, 3.8) is 0 Å². The second kappa shape index (κ2) is 9.30. The first kappa shape index (κ1) is 20.5. The number of ether oxygens (including phenoxy) is 1. The summed E-state index contributed by atoms with van der Waals surface area (Å²) in [5.41, 5.74) is 4.06. The highest BCUT2D eigenvalue weighted by molar-refractivity contribution is 6.31. The molecule has 6 heteroatoms. The molecule has 2 heterocycles. The van der Waals surface area contributed by atoms with Crippen LogP contribution in [0, 0.1) is 6.92 Å². The SMILES string of the molecule is CC.Cc1ccc2c(c1)OCC(=O)N2Cc1cc(Cl)cc(N2CCNCC2)c1. The molecule has 1 fully saturated rings. The molecule has 0 bridgehead atoms. The Hall–Kier alpha value is -2.24. The number of fused-ring (bicyclic) bond motifs is 1. The number of halogens is 1. The Labute approximate surface area is 172 Å². The molecular formula is C22H28ClN3O2. The van der Waals surface area contributed by atoms with E-state index in [2.05, 4.69) is 16.3 Å². The third-order valence-electron chi connectivity index (χ3n) is 4.82. The van der Waals surface area contributed by atoms with Gasteiger partial charge in [0.25, 0.3) is 5.91 Å². The molecule has 5 nitrogen and oxygen atoms in total. The van der Waals surface area contributed by atoms with E-state index in [0.29, 0.717) is 11.6 Å². The van der Waals surface area contributed by atoms with Crippen LogP contribution in [0.5, 0.6) is 5.75 Å². The standard InChI is InChI=1S/C20H22ClN3O2.C2H6/c1-14-2-3-18-19(8-14)26-13-20(25)24(18)12-15-9-16(21)11-17(10-15)23-6-4-22-5-7-23;1-2/h2-3,8-11,22H,4-7,12-13H2,1H3;1-2H3. The normalized spacial score (nSPS) is 16.1. The first-order valence-electron chi connectivity index (χ1n) is 9.89. The van der Waals surface area contributed by atoms with Crippen LogP contribution in [-0.2, 0) is 11.3 Å². The quantitative estimate of drug-likeness (QED) is 0.844. The smallest absolute Gasteiger partial charge is 0.265 e. The van der Waals surface area contributed by atoms with E-state index in [1.54, 1.807) is 4.90 Å². The molecule has 0 spiro atoms. The predicted octanol–water partition coefficient (Wildman–Crippen LogP) is 4.01. The number of rotatable bonds is 3. The average molecular weight is 402 g/mol. The van der Waals surface area contributed by atoms with Gasteiger partial charge in [0.1, 0.15) is 5.75 Å². The minimum Gasteiger partial charge on any atom is -0.482 e. The summed E-state index contributed by atoms with van der Waals surface area (Å²) in [4.78, 5) is 16.6. The molecule has 0 radical (unpaired) electrons. The molecule has 0 saturated carbocycles. The summed E-state index contributed by atoms with van der Waals surface area (Å²) >= 11 is 6.37. The largest absolute Gasteiger partial charge is 0.482 e. The average Bonchev–Trinajstić information content (AvgIpc) is 2.72. The number of piperazine rings is 1. The van der Waals surface area contributed by atoms with Crippen molar-refractivity contribution in [1.29, 1.82) is 0 Å². The second-order valence-electron chi connectivity index (χ2n) is 6.79. The molecule has 2 aliphatic rings. The zero-order valence-corrected chi connectivity index (χ0v) is 17.6. The number of amides is 1. The van der Waals surface area contributed by atoms with Gasteiger partial charge < -0.3 is 19.9 Å². The van der Waals surface area contributed by atoms with Crippen LogP contribution in [0.3, 0.4) is 0 Å². The van der Waals surface area contributed by atoms with Gasteiger partial charge in [0.05, 0.1) is 12.2 Å². The highest BCUT2D eigenvalue weighted by atomic mass is 35.5. The van der Waals surface area contributed by atoms with Crippen molar-refractivity contribution in [3.05, 3.63) is 52.5 Å². The first-order valence-corrected chi connectivity index (χ1v) is 10.3. The van der Waals surface area contributed by atoms with Crippen LogP contribution >= 0.6 is 11.6 Å². The van der Waals surface area contributed by atoms with Gasteiger partial charge in [-0.15, -0.1) is 0 Å². The van der Waals surface area contributed by atoms with Crippen molar-refractivity contribution in [3.8, 4) is 5.75 Å². The van der Waals surface area contributed by atoms with Crippen LogP contribution in [0.25, 0.3) is 0 Å². The van der Waals surface area contributed by atoms with E-state index in [9.17, 15) is 4.79 Å². The maximum atomic E-state index is 12.5. The molecule has 2 aromatic carbocycles. The highest BCUT2D eigenvalue weighted by Gasteiger charge is 2.26. The maximum absolute atomic E-state index is 12.5. The second-order valence-corrected chi connectivity index (χ2v) is 7.23. The first-order chi connectivity index (χ1) is 13.6. The fraction of sp³-hybridized carbons (Fsp3) is 0.409. The van der Waals surface area contributed by atoms with E-state index in [-0.39, 0.29) is 12.5 Å². The lowest BCUT2D eigenvalue weighted by atomic mass is 10.1. The summed E-state index contributed by atoms with van der Waals surface area (Å²) in [7, 11) is 0. The molecule has 28 heavy (non-hydrogen) atoms. The Morgan fingerprint density at radius 1 is 1.11 bits per heavy atom. The van der Waals surface area contributed by atoms with E-state index >= 15 is 0 Å². The van der Waals surface area contributed by atoms with Gasteiger partial charge >= 0.3 is 0 Å². The van der Waals surface area contributed by atoms with Crippen molar-refractivity contribution < 1.29 is 9.53 Å². The molecule has 0 atom stereocenters. The summed E-state index contributed by atoms with van der Waals surface area (Å²) in [5.74, 6) is 0.721. The van der Waals surface area contributed by atoms with Crippen LogP contribution in [0.2, 0.25) is 5.02 Å². The number of anilines is 2. The molecule has 0 aromatic heterocycles. The van der Waals surface area contributed by atoms with E-state index in [4.69, 9.17) is 16.3 Å². The van der Waals surface area contributed by atoms with Gasteiger partial charge in [0, 0.05) is 36.9 Å². The van der Waals surface area contributed by atoms with E-state index in [1.165, 1.54) is 0 Å². The molecule has 1 saturated heterocycles. The molecule has 2 aromatic rings. The van der Waals surface area contributed by atoms with E-state index < -0.39 is 0 Å². The van der Waals surface area contributed by atoms with Crippen molar-refractivity contribution in [2.75, 3.05) is 42.6 Å². The summed E-state index contributed by atoms with van der Waals surface area (Å²) in [6, 6.07) is 12.0. The van der Waals surface area contributed by atoms with Crippen LogP contribution in [0.4, 0.5) is 11.4 Å². The molecular weight excluding hydrogens is 374 g/mol. The molecule has 1 N–H and O–H groups in total. The zero-order chi connectivity index (χ0) is 20.1. The number of hydrogen-bond acceptors (Lipinski definition) is 4. The highest BCUT2D eigenvalue weighted by Crippen LogP contribution is 2.34. The lowest BCUT2D eigenvalue weighted by molar-refractivity contribution is -0.121. The lowest BCUT2D eigenvalue weighted by Gasteiger charge is -2.31. The monoisotopic (exact) mass is 401 g/mol. The van der Waals surface area contributed by atoms with Gasteiger partial charge in [0.2, 0.25) is 0 Å². The third-order valence-corrected chi connectivity index (χ3v) is 5.04. The summed E-state index contributed by atoms with van der Waals surface area (Å²) < 4.78 is 5.59. The Morgan fingerprint density at radius 2 is 1.86 bits per heavy atom. The van der Waals surface area contributed by atoms with Crippen molar-refractivity contribution in [2.24, 2.45) is 0 Å². The Kier molecular flexibility index (Phi) is 6.81. The summed E-state index contributed by atoms with van der Waals surface area (Å²) in [6.45, 7) is 10.4. The number of hydrogen-bond donors (Lipinski definition) is 1. The van der Waals surface area contributed by atoms with Gasteiger partial charge in [-0.25, -0.2) is 0 Å². The Balaban J connectivity index is 0.00000109. The number of nitrogens with one attached hydrogen (secondary N) is 1. The van der Waals surface area contributed by atoms with E-state index in [0.717, 1.165) is 54.4 Å². The summed E-state index contributed by atoms with van der Waals surface area (Å²) in [5, 5.41) is 4.05. The Bertz CT molecular complexity index is 835. The van der Waals surface area contributed by atoms with Gasteiger partial charge in [-0.05, 0) is 48.4 Å². The molecule has 150 valence electrons. The molecule has 4 rings (SSSR count). The van der Waals surface area contributed by atoms with Crippen LogP contribution in [0.1, 0.15) is 25.0 Å². The van der Waals surface area contributed by atoms with Crippen LogP contribution in [0.15, 0.2) is 36.4 Å². The minimum atomic E-state index is -0.0370. The van der Waals surface area contributed by atoms with Gasteiger partial charge in [0.15, 0.2) is 6.61 Å². The van der Waals surface area contributed by atoms with Crippen LogP contribution in [-0.4, -0.2) is 38.7 Å². The third kappa shape index (κ3) is 4.59. The minimum absolute atomic E-state index is 0.0370. The molecule has 0 unspecified atom stereocenters. The number of carbonyl (C=O) groups is 1. The van der Waals surface area contributed by atoms with Crippen molar-refractivity contribution in [2.45, 2.75) is 27.3 Å². The molecule has 0 aliphatic carbocycles. The summed E-state index contributed by atoms with van der Waals surface area (Å²) in [6.07, 6.45) is 0. The van der Waals surface area contributed by atoms with Gasteiger partial charge in [-0.2, -0.15) is 0 Å². The lowest BCUT2D eigenvalue weighted by Crippen LogP contribution is -2.43. The van der Waals surface area contributed by atoms with Gasteiger partial charge in [-0.1, -0.05) is 31.5 Å². The zero-order valence-electron chi connectivity index (χ0n) is 16.8. The van der Waals surface area contributed by atoms with Crippen molar-refractivity contribution >= 4 is 28.9 Å². The molecule has 2 aliphatic heterocycles. The number of aryl methyl sites for hydroxylation is 1. The van der Waals surface area contributed by atoms with Gasteiger partial charge in [-0.3, -0.25) is 4.79 Å². The maximum Gasteiger partial charge on any atom is 0.265 e. The number of carbonyl (C=O) groups excluding carboxylic acids is 1. The van der Waals surface area contributed by atoms with E-state index in [1.807, 2.05) is 51.1 Å². The molecule has 1 amide bonds. The van der Waals surface area contributed by atoms with Crippen molar-refractivity contribution in [1.82, 2.24) is 5.32 Å². The predicted molar refractivity (Wildman–Crippen MR) is 116 cm³/mol. The fourth-order valence-electron chi connectivity index (χ4n) is 3.50.